The third-order valence-electron chi connectivity index (χ3n) is 6.65. The van der Waals surface area contributed by atoms with Gasteiger partial charge in [0.25, 0.3) is 11.7 Å². The van der Waals surface area contributed by atoms with E-state index in [9.17, 15) is 14.7 Å². The summed E-state index contributed by atoms with van der Waals surface area (Å²) in [6.45, 7) is 5.87. The van der Waals surface area contributed by atoms with Crippen molar-refractivity contribution in [3.05, 3.63) is 64.7 Å². The summed E-state index contributed by atoms with van der Waals surface area (Å²) in [4.78, 5) is 30.1. The lowest BCUT2D eigenvalue weighted by Crippen LogP contribution is -2.32. The lowest BCUT2D eigenvalue weighted by atomic mass is 9.94. The molecule has 1 N–H and O–H groups in total. The normalized spacial score (nSPS) is 20.6. The van der Waals surface area contributed by atoms with Gasteiger partial charge in [-0.15, -0.1) is 0 Å². The summed E-state index contributed by atoms with van der Waals surface area (Å²) in [6, 6.07) is 12.2. The van der Waals surface area contributed by atoms with Crippen LogP contribution in [0.15, 0.2) is 48.0 Å². The molecule has 2 heterocycles. The number of unbranched alkanes of at least 4 members (excludes halogenated alkanes) is 1. The van der Waals surface area contributed by atoms with Crippen molar-refractivity contribution in [3.63, 3.8) is 0 Å². The average Bonchev–Trinajstić information content (AvgIpc) is 3.34. The summed E-state index contributed by atoms with van der Waals surface area (Å²) >= 11 is 0. The van der Waals surface area contributed by atoms with Crippen LogP contribution >= 0.6 is 0 Å². The Bertz CT molecular complexity index is 1160. The average molecular weight is 493 g/mol. The van der Waals surface area contributed by atoms with Crippen molar-refractivity contribution in [2.75, 3.05) is 33.8 Å². The number of nitrogens with zero attached hydrogens (tertiary/aromatic N) is 2. The highest BCUT2D eigenvalue weighted by Gasteiger charge is 2.46. The predicted molar refractivity (Wildman–Crippen MR) is 139 cm³/mol. The van der Waals surface area contributed by atoms with Crippen LogP contribution in [0.2, 0.25) is 0 Å². The number of rotatable bonds is 10. The van der Waals surface area contributed by atoms with Crippen molar-refractivity contribution in [1.29, 1.82) is 0 Å². The third kappa shape index (κ3) is 5.41. The fourth-order valence-corrected chi connectivity index (χ4v) is 4.85. The van der Waals surface area contributed by atoms with Crippen LogP contribution in [-0.4, -0.2) is 66.5 Å². The first-order chi connectivity index (χ1) is 17.3. The van der Waals surface area contributed by atoms with E-state index in [2.05, 4.69) is 6.92 Å². The number of aliphatic hydroxyl groups is 1. The van der Waals surface area contributed by atoms with Gasteiger partial charge in [0.2, 0.25) is 0 Å². The van der Waals surface area contributed by atoms with Gasteiger partial charge in [-0.05, 0) is 81.9 Å². The molecule has 0 bridgehead atoms. The second kappa shape index (κ2) is 11.2. The molecule has 0 unspecified atom stereocenters. The molecule has 2 atom stereocenters. The second-order valence-corrected chi connectivity index (χ2v) is 9.88. The first-order valence-corrected chi connectivity index (χ1v) is 12.8. The van der Waals surface area contributed by atoms with Crippen molar-refractivity contribution in [2.24, 2.45) is 0 Å². The van der Waals surface area contributed by atoms with Gasteiger partial charge < -0.3 is 24.4 Å². The van der Waals surface area contributed by atoms with Crippen LogP contribution in [0.3, 0.4) is 0 Å². The monoisotopic (exact) mass is 492 g/mol. The van der Waals surface area contributed by atoms with Gasteiger partial charge >= 0.3 is 0 Å². The molecule has 0 radical (unpaired) electrons. The maximum Gasteiger partial charge on any atom is 0.295 e. The highest BCUT2D eigenvalue weighted by Crippen LogP contribution is 2.41. The van der Waals surface area contributed by atoms with E-state index >= 15 is 0 Å². The first-order valence-electron chi connectivity index (χ1n) is 12.8. The number of hydrogen-bond acceptors (Lipinski definition) is 6. The van der Waals surface area contributed by atoms with Crippen LogP contribution in [0.4, 0.5) is 0 Å². The van der Waals surface area contributed by atoms with E-state index < -0.39 is 17.7 Å². The minimum Gasteiger partial charge on any atom is -0.507 e. The Morgan fingerprint density at radius 3 is 2.72 bits per heavy atom. The molecular formula is C29H36N2O5. The molecule has 0 saturated carbocycles. The van der Waals surface area contributed by atoms with E-state index in [1.807, 2.05) is 62.3 Å². The Labute approximate surface area is 213 Å². The quantitative estimate of drug-likeness (QED) is 0.227. The van der Waals surface area contributed by atoms with Gasteiger partial charge in [0.05, 0.1) is 18.2 Å². The van der Waals surface area contributed by atoms with Crippen molar-refractivity contribution >= 4 is 17.4 Å². The summed E-state index contributed by atoms with van der Waals surface area (Å²) in [6.07, 6.45) is 3.47. The maximum atomic E-state index is 13.3. The zero-order valence-electron chi connectivity index (χ0n) is 21.6. The molecule has 1 amide bonds. The number of aliphatic hydroxyl groups excluding tert-OH is 1. The number of fused-ring (bicyclic) bond motifs is 1. The van der Waals surface area contributed by atoms with E-state index in [4.69, 9.17) is 9.47 Å². The van der Waals surface area contributed by atoms with Crippen LogP contribution in [0, 0.1) is 0 Å². The SMILES string of the molecule is CCCCOc1cccc([C@@H]2/C(=C(\O)c3ccc4c(c3)C[C@@H](C)O4)C(=O)C(=O)N2CCCN(C)C)c1. The standard InChI is InChI=1S/C29H36N2O5/c1-5-6-15-35-23-10-7-9-20(18-23)26-25(28(33)29(34)31(26)14-8-13-30(3)4)27(32)21-11-12-24-22(17-21)16-19(2)36-24/h7,9-12,17-19,26,32H,5-6,8,13-16H2,1-4H3/b27-25+/t19-,26-/m1/s1. The molecule has 192 valence electrons. The number of amides is 1. The number of Topliss-reactive ketones (excluding diaryl/α,β-unsaturated/α-hetero) is 1. The summed E-state index contributed by atoms with van der Waals surface area (Å²) in [5.74, 6) is 0.0637. The zero-order chi connectivity index (χ0) is 25.8. The molecule has 1 saturated heterocycles. The topological polar surface area (TPSA) is 79.3 Å². The van der Waals surface area contributed by atoms with Crippen molar-refractivity contribution in [3.8, 4) is 11.5 Å². The molecule has 36 heavy (non-hydrogen) atoms. The number of hydrogen-bond donors (Lipinski definition) is 1. The van der Waals surface area contributed by atoms with Gasteiger partial charge in [0.15, 0.2) is 0 Å². The first kappa shape index (κ1) is 25.8. The van der Waals surface area contributed by atoms with E-state index in [1.54, 1.807) is 11.0 Å². The van der Waals surface area contributed by atoms with Crippen LogP contribution in [0.1, 0.15) is 55.8 Å². The number of ketones is 1. The molecule has 2 aliphatic rings. The van der Waals surface area contributed by atoms with E-state index in [0.717, 1.165) is 42.7 Å². The maximum absolute atomic E-state index is 13.3. The molecule has 0 aliphatic carbocycles. The van der Waals surface area contributed by atoms with Crippen molar-refractivity contribution in [1.82, 2.24) is 9.80 Å². The van der Waals surface area contributed by atoms with E-state index in [-0.39, 0.29) is 17.4 Å². The van der Waals surface area contributed by atoms with Gasteiger partial charge in [-0.1, -0.05) is 25.5 Å². The number of carbonyl (C=O) groups excluding carboxylic acids is 2. The molecule has 4 rings (SSSR count). The lowest BCUT2D eigenvalue weighted by Gasteiger charge is -2.26. The molecule has 1 fully saturated rings. The van der Waals surface area contributed by atoms with Crippen LogP contribution < -0.4 is 9.47 Å². The van der Waals surface area contributed by atoms with Crippen LogP contribution in [0.5, 0.6) is 11.5 Å². The Balaban J connectivity index is 1.75. The van der Waals surface area contributed by atoms with Gasteiger partial charge in [-0.3, -0.25) is 9.59 Å². The molecule has 7 nitrogen and oxygen atoms in total. The Morgan fingerprint density at radius 1 is 1.17 bits per heavy atom. The minimum absolute atomic E-state index is 0.0649. The highest BCUT2D eigenvalue weighted by molar-refractivity contribution is 6.46. The molecule has 7 heteroatoms. The van der Waals surface area contributed by atoms with Gasteiger partial charge in [0.1, 0.15) is 23.4 Å². The molecular weight excluding hydrogens is 456 g/mol. The molecule has 2 aliphatic heterocycles. The Hall–Kier alpha value is -3.32. The summed E-state index contributed by atoms with van der Waals surface area (Å²) < 4.78 is 11.7. The Morgan fingerprint density at radius 2 is 1.97 bits per heavy atom. The summed E-state index contributed by atoms with van der Waals surface area (Å²) in [5.41, 5.74) is 2.35. The number of ether oxygens (including phenoxy) is 2. The van der Waals surface area contributed by atoms with Gasteiger partial charge in [-0.25, -0.2) is 0 Å². The second-order valence-electron chi connectivity index (χ2n) is 9.88. The lowest BCUT2D eigenvalue weighted by molar-refractivity contribution is -0.139. The van der Waals surface area contributed by atoms with Gasteiger partial charge in [0, 0.05) is 18.5 Å². The van der Waals surface area contributed by atoms with Crippen LogP contribution in [0.25, 0.3) is 5.76 Å². The predicted octanol–water partition coefficient (Wildman–Crippen LogP) is 4.56. The fraction of sp³-hybridized carbons (Fsp3) is 0.448. The molecule has 2 aromatic carbocycles. The van der Waals surface area contributed by atoms with Crippen molar-refractivity contribution < 1.29 is 24.2 Å². The third-order valence-corrected chi connectivity index (χ3v) is 6.65. The van der Waals surface area contributed by atoms with Crippen molar-refractivity contribution in [2.45, 2.75) is 51.7 Å². The van der Waals surface area contributed by atoms with E-state index in [0.29, 0.717) is 30.9 Å². The smallest absolute Gasteiger partial charge is 0.295 e. The zero-order valence-corrected chi connectivity index (χ0v) is 21.6. The molecule has 2 aromatic rings. The fourth-order valence-electron chi connectivity index (χ4n) is 4.85. The molecule has 0 aromatic heterocycles. The summed E-state index contributed by atoms with van der Waals surface area (Å²) in [7, 11) is 3.95. The summed E-state index contributed by atoms with van der Waals surface area (Å²) in [5, 5.41) is 11.4. The minimum atomic E-state index is -0.690. The van der Waals surface area contributed by atoms with E-state index in [1.165, 1.54) is 0 Å². The van der Waals surface area contributed by atoms with Gasteiger partial charge in [-0.2, -0.15) is 0 Å². The Kier molecular flexibility index (Phi) is 7.99. The molecule has 0 spiro atoms. The number of benzene rings is 2. The largest absolute Gasteiger partial charge is 0.507 e. The van der Waals surface area contributed by atoms with Crippen LogP contribution in [-0.2, 0) is 16.0 Å². The highest BCUT2D eigenvalue weighted by atomic mass is 16.5. The number of carbonyl (C=O) groups is 2. The number of likely N-dealkylation sites (tertiary alicyclic amines) is 1.